The van der Waals surface area contributed by atoms with Crippen LogP contribution in [0.5, 0.6) is 0 Å². The average molecular weight is 436 g/mol. The van der Waals surface area contributed by atoms with Crippen molar-refractivity contribution >= 4 is 41.0 Å². The van der Waals surface area contributed by atoms with Gasteiger partial charge in [-0.05, 0) is 60.2 Å². The zero-order valence-electron chi connectivity index (χ0n) is 16.3. The lowest BCUT2D eigenvalue weighted by Gasteiger charge is -2.15. The highest BCUT2D eigenvalue weighted by Gasteiger charge is 2.17. The molecule has 158 valence electrons. The molecule has 2 aromatic carbocycles. The quantitative estimate of drug-likeness (QED) is 0.392. The smallest absolute Gasteiger partial charge is 0.316 e. The fourth-order valence-electron chi connectivity index (χ4n) is 2.78. The SMILES string of the molecule is NC(=O)Nc1ccc(C(=O)Nc2ccc(SC(CC(=O)O)c3cccnc3)cc2)cc1. The van der Waals surface area contributed by atoms with Crippen LogP contribution in [0.4, 0.5) is 16.2 Å². The van der Waals surface area contributed by atoms with Gasteiger partial charge in [-0.3, -0.25) is 14.6 Å². The van der Waals surface area contributed by atoms with E-state index in [9.17, 15) is 19.5 Å². The molecule has 1 unspecified atom stereocenters. The van der Waals surface area contributed by atoms with Gasteiger partial charge in [-0.2, -0.15) is 0 Å². The molecule has 5 N–H and O–H groups in total. The third kappa shape index (κ3) is 6.58. The molecular formula is C22H20N4O4S. The summed E-state index contributed by atoms with van der Waals surface area (Å²) < 4.78 is 0. The van der Waals surface area contributed by atoms with E-state index in [2.05, 4.69) is 15.6 Å². The number of carboxylic acid groups (broad SMARTS) is 1. The summed E-state index contributed by atoms with van der Waals surface area (Å²) in [5.41, 5.74) is 7.41. The minimum atomic E-state index is -0.887. The van der Waals surface area contributed by atoms with Crippen LogP contribution in [0, 0.1) is 0 Å². The number of carbonyl (C=O) groups is 3. The Labute approximate surface area is 182 Å². The molecule has 31 heavy (non-hydrogen) atoms. The number of nitrogens with zero attached hydrogens (tertiary/aromatic N) is 1. The zero-order valence-corrected chi connectivity index (χ0v) is 17.1. The summed E-state index contributed by atoms with van der Waals surface area (Å²) in [5, 5.41) is 14.2. The Morgan fingerprint density at radius 2 is 1.61 bits per heavy atom. The molecule has 0 saturated heterocycles. The van der Waals surface area contributed by atoms with Gasteiger partial charge in [-0.1, -0.05) is 6.07 Å². The second-order valence-corrected chi connectivity index (χ2v) is 7.81. The summed E-state index contributed by atoms with van der Waals surface area (Å²) in [7, 11) is 0. The van der Waals surface area contributed by atoms with Gasteiger partial charge in [-0.15, -0.1) is 11.8 Å². The van der Waals surface area contributed by atoms with Gasteiger partial charge in [0, 0.05) is 39.5 Å². The first kappa shape index (κ1) is 21.8. The van der Waals surface area contributed by atoms with Crippen LogP contribution in [0.1, 0.15) is 27.6 Å². The number of nitrogens with one attached hydrogen (secondary N) is 2. The van der Waals surface area contributed by atoms with E-state index in [1.807, 2.05) is 18.2 Å². The first-order valence-corrected chi connectivity index (χ1v) is 10.1. The molecule has 0 bridgehead atoms. The number of hydrogen-bond acceptors (Lipinski definition) is 5. The maximum absolute atomic E-state index is 12.4. The average Bonchev–Trinajstić information content (AvgIpc) is 2.75. The molecule has 1 heterocycles. The molecule has 8 nitrogen and oxygen atoms in total. The molecule has 1 aromatic heterocycles. The highest BCUT2D eigenvalue weighted by atomic mass is 32.2. The lowest BCUT2D eigenvalue weighted by atomic mass is 10.1. The van der Waals surface area contributed by atoms with Crippen LogP contribution < -0.4 is 16.4 Å². The second kappa shape index (κ2) is 10.3. The molecule has 3 aromatic rings. The van der Waals surface area contributed by atoms with E-state index in [4.69, 9.17) is 5.73 Å². The van der Waals surface area contributed by atoms with Gasteiger partial charge in [0.05, 0.1) is 6.42 Å². The fourth-order valence-corrected chi connectivity index (χ4v) is 3.91. The van der Waals surface area contributed by atoms with Crippen LogP contribution in [0.15, 0.2) is 78.0 Å². The first-order chi connectivity index (χ1) is 14.9. The number of amides is 3. The Balaban J connectivity index is 1.64. The highest BCUT2D eigenvalue weighted by Crippen LogP contribution is 2.37. The molecule has 9 heteroatoms. The van der Waals surface area contributed by atoms with Crippen molar-refractivity contribution in [3.8, 4) is 0 Å². The molecule has 0 aliphatic rings. The number of benzene rings is 2. The van der Waals surface area contributed by atoms with E-state index < -0.39 is 12.0 Å². The number of primary amides is 1. The summed E-state index contributed by atoms with van der Waals surface area (Å²) in [4.78, 5) is 39.5. The van der Waals surface area contributed by atoms with Gasteiger partial charge in [-0.25, -0.2) is 4.79 Å². The molecule has 3 amide bonds. The lowest BCUT2D eigenvalue weighted by Crippen LogP contribution is -2.19. The molecule has 0 aliphatic heterocycles. The fraction of sp³-hybridized carbons (Fsp3) is 0.0909. The van der Waals surface area contributed by atoms with E-state index in [0.29, 0.717) is 16.9 Å². The van der Waals surface area contributed by atoms with E-state index in [1.165, 1.54) is 11.8 Å². The number of aromatic nitrogens is 1. The number of anilines is 2. The van der Waals surface area contributed by atoms with Crippen LogP contribution in [0.25, 0.3) is 0 Å². The van der Waals surface area contributed by atoms with Crippen molar-refractivity contribution < 1.29 is 19.5 Å². The van der Waals surface area contributed by atoms with Crippen LogP contribution in [0.3, 0.4) is 0 Å². The third-order valence-electron chi connectivity index (χ3n) is 4.22. The molecular weight excluding hydrogens is 416 g/mol. The van der Waals surface area contributed by atoms with Gasteiger partial charge >= 0.3 is 12.0 Å². The number of aliphatic carboxylic acids is 1. The Morgan fingerprint density at radius 3 is 2.19 bits per heavy atom. The maximum atomic E-state index is 12.4. The predicted octanol–water partition coefficient (Wildman–Crippen LogP) is 4.13. The van der Waals surface area contributed by atoms with Crippen molar-refractivity contribution in [1.82, 2.24) is 4.98 Å². The Morgan fingerprint density at radius 1 is 0.968 bits per heavy atom. The number of carboxylic acids is 1. The van der Waals surface area contributed by atoms with E-state index in [-0.39, 0.29) is 17.6 Å². The van der Waals surface area contributed by atoms with Gasteiger partial charge < -0.3 is 21.5 Å². The Bertz CT molecular complexity index is 1060. The van der Waals surface area contributed by atoms with Gasteiger partial charge in [0.1, 0.15) is 0 Å². The largest absolute Gasteiger partial charge is 0.481 e. The molecule has 0 aliphatic carbocycles. The van der Waals surface area contributed by atoms with E-state index in [0.717, 1.165) is 10.5 Å². The lowest BCUT2D eigenvalue weighted by molar-refractivity contribution is -0.137. The first-order valence-electron chi connectivity index (χ1n) is 9.27. The molecule has 3 rings (SSSR count). The van der Waals surface area contributed by atoms with Crippen molar-refractivity contribution in [2.75, 3.05) is 10.6 Å². The topological polar surface area (TPSA) is 134 Å². The molecule has 0 spiro atoms. The standard InChI is InChI=1S/C22H20N4O4S/c23-22(30)26-17-5-3-14(4-6-17)21(29)25-16-7-9-18(10-8-16)31-19(12-20(27)28)15-2-1-11-24-13-15/h1-11,13,19H,12H2,(H,25,29)(H,27,28)(H3,23,26,30). The zero-order chi connectivity index (χ0) is 22.2. The van der Waals surface area contributed by atoms with E-state index in [1.54, 1.807) is 54.9 Å². The van der Waals surface area contributed by atoms with Crippen LogP contribution in [-0.2, 0) is 4.79 Å². The van der Waals surface area contributed by atoms with Gasteiger partial charge in [0.25, 0.3) is 5.91 Å². The number of pyridine rings is 1. The molecule has 1 atom stereocenters. The van der Waals surface area contributed by atoms with Crippen molar-refractivity contribution in [2.45, 2.75) is 16.6 Å². The number of thioether (sulfide) groups is 1. The number of rotatable bonds is 8. The summed E-state index contributed by atoms with van der Waals surface area (Å²) in [6.45, 7) is 0. The maximum Gasteiger partial charge on any atom is 0.316 e. The number of nitrogens with two attached hydrogens (primary N) is 1. The Kier molecular flexibility index (Phi) is 7.23. The summed E-state index contributed by atoms with van der Waals surface area (Å²) in [5.74, 6) is -1.19. The predicted molar refractivity (Wildman–Crippen MR) is 119 cm³/mol. The summed E-state index contributed by atoms with van der Waals surface area (Å²) in [6.07, 6.45) is 3.28. The molecule has 0 saturated carbocycles. The van der Waals surface area contributed by atoms with Crippen LogP contribution in [-0.4, -0.2) is 28.0 Å². The number of urea groups is 1. The normalized spacial score (nSPS) is 11.4. The van der Waals surface area contributed by atoms with Crippen molar-refractivity contribution in [3.63, 3.8) is 0 Å². The third-order valence-corrected chi connectivity index (χ3v) is 5.49. The molecule has 0 radical (unpaired) electrons. The highest BCUT2D eigenvalue weighted by molar-refractivity contribution is 7.99. The number of hydrogen-bond donors (Lipinski definition) is 4. The molecule has 0 fully saturated rings. The number of carbonyl (C=O) groups excluding carboxylic acids is 2. The second-order valence-electron chi connectivity index (χ2n) is 6.54. The van der Waals surface area contributed by atoms with Crippen molar-refractivity contribution in [1.29, 1.82) is 0 Å². The van der Waals surface area contributed by atoms with Crippen LogP contribution >= 0.6 is 11.8 Å². The minimum absolute atomic E-state index is 0.0323. The summed E-state index contributed by atoms with van der Waals surface area (Å²) in [6, 6.07) is 16.4. The van der Waals surface area contributed by atoms with Gasteiger partial charge in [0.2, 0.25) is 0 Å². The monoisotopic (exact) mass is 436 g/mol. The summed E-state index contributed by atoms with van der Waals surface area (Å²) >= 11 is 1.42. The minimum Gasteiger partial charge on any atom is -0.481 e. The van der Waals surface area contributed by atoms with Crippen LogP contribution in [0.2, 0.25) is 0 Å². The van der Waals surface area contributed by atoms with Crippen molar-refractivity contribution in [2.24, 2.45) is 5.73 Å². The van der Waals surface area contributed by atoms with Crippen molar-refractivity contribution in [3.05, 3.63) is 84.2 Å². The van der Waals surface area contributed by atoms with Gasteiger partial charge in [0.15, 0.2) is 0 Å². The van der Waals surface area contributed by atoms with E-state index >= 15 is 0 Å². The Hall–Kier alpha value is -3.85.